The van der Waals surface area contributed by atoms with Crippen molar-refractivity contribution in [1.82, 2.24) is 15.0 Å². The molecule has 7 heteroatoms. The summed E-state index contributed by atoms with van der Waals surface area (Å²) >= 11 is 0. The third-order valence-corrected chi connectivity index (χ3v) is 4.05. The predicted octanol–water partition coefficient (Wildman–Crippen LogP) is 5.09. The Morgan fingerprint density at radius 1 is 0.862 bits per heavy atom. The Balaban J connectivity index is 1.59. The summed E-state index contributed by atoms with van der Waals surface area (Å²) in [6.45, 7) is 0. The molecule has 2 heterocycles. The van der Waals surface area contributed by atoms with Crippen LogP contribution in [0.2, 0.25) is 0 Å². The average molecular weight is 383 g/mol. The SMILES string of the molecule is N#Cc1cccc(-c2nccnc2Oc2ccc(Nc3ccccn3)cc2)c1F. The molecule has 0 atom stereocenters. The maximum atomic E-state index is 14.6. The first-order valence-corrected chi connectivity index (χ1v) is 8.70. The van der Waals surface area contributed by atoms with Crippen LogP contribution in [-0.4, -0.2) is 15.0 Å². The molecule has 6 nitrogen and oxygen atoms in total. The van der Waals surface area contributed by atoms with Crippen molar-refractivity contribution >= 4 is 11.5 Å². The fraction of sp³-hybridized carbons (Fsp3) is 0. The van der Waals surface area contributed by atoms with Gasteiger partial charge < -0.3 is 10.1 Å². The largest absolute Gasteiger partial charge is 0.437 e. The fourth-order valence-electron chi connectivity index (χ4n) is 2.69. The van der Waals surface area contributed by atoms with Gasteiger partial charge in [-0.15, -0.1) is 0 Å². The van der Waals surface area contributed by atoms with Gasteiger partial charge in [0.2, 0.25) is 5.88 Å². The van der Waals surface area contributed by atoms with E-state index in [0.717, 1.165) is 11.5 Å². The van der Waals surface area contributed by atoms with Gasteiger partial charge >= 0.3 is 0 Å². The van der Waals surface area contributed by atoms with Crippen LogP contribution in [0.5, 0.6) is 11.6 Å². The number of nitriles is 1. The lowest BCUT2D eigenvalue weighted by Gasteiger charge is -2.11. The number of aromatic nitrogens is 3. The molecule has 29 heavy (non-hydrogen) atoms. The Kier molecular flexibility index (Phi) is 5.08. The summed E-state index contributed by atoms with van der Waals surface area (Å²) in [6, 6.07) is 19.1. The highest BCUT2D eigenvalue weighted by atomic mass is 19.1. The standard InChI is InChI=1S/C22H14FN5O/c23-20-15(14-24)4-3-5-18(20)21-22(27-13-12-26-21)29-17-9-7-16(8-10-17)28-19-6-1-2-11-25-19/h1-13H,(H,25,28). The summed E-state index contributed by atoms with van der Waals surface area (Å²) < 4.78 is 20.4. The molecule has 0 saturated heterocycles. The molecule has 0 radical (unpaired) electrons. The van der Waals surface area contributed by atoms with Crippen molar-refractivity contribution in [2.75, 3.05) is 5.32 Å². The molecular formula is C22H14FN5O. The van der Waals surface area contributed by atoms with Crippen molar-refractivity contribution in [1.29, 1.82) is 5.26 Å². The van der Waals surface area contributed by atoms with E-state index in [-0.39, 0.29) is 22.7 Å². The molecule has 4 aromatic rings. The first kappa shape index (κ1) is 18.1. The number of halogens is 1. The number of nitrogens with zero attached hydrogens (tertiary/aromatic N) is 4. The summed E-state index contributed by atoms with van der Waals surface area (Å²) in [5, 5.41) is 12.2. The maximum Gasteiger partial charge on any atom is 0.246 e. The molecule has 0 unspecified atom stereocenters. The topological polar surface area (TPSA) is 83.7 Å². The Hall–Kier alpha value is -4.31. The summed E-state index contributed by atoms with van der Waals surface area (Å²) in [6.07, 6.45) is 4.61. The second kappa shape index (κ2) is 8.15. The minimum Gasteiger partial charge on any atom is -0.437 e. The number of ether oxygens (including phenoxy) is 1. The Bertz CT molecular complexity index is 1170. The van der Waals surface area contributed by atoms with E-state index in [1.165, 1.54) is 24.5 Å². The van der Waals surface area contributed by atoms with E-state index in [4.69, 9.17) is 10.00 Å². The fourth-order valence-corrected chi connectivity index (χ4v) is 2.69. The molecule has 0 aliphatic carbocycles. The van der Waals surface area contributed by atoms with Gasteiger partial charge in [-0.05, 0) is 48.5 Å². The summed E-state index contributed by atoms with van der Waals surface area (Å²) in [5.41, 5.74) is 1.14. The molecule has 0 fully saturated rings. The van der Waals surface area contributed by atoms with Crippen LogP contribution in [0.1, 0.15) is 5.56 Å². The lowest BCUT2D eigenvalue weighted by Crippen LogP contribution is -1.97. The monoisotopic (exact) mass is 383 g/mol. The summed E-state index contributed by atoms with van der Waals surface area (Å²) in [5.74, 6) is 0.725. The van der Waals surface area contributed by atoms with Gasteiger partial charge in [-0.3, -0.25) is 0 Å². The van der Waals surface area contributed by atoms with Crippen LogP contribution in [0, 0.1) is 17.1 Å². The van der Waals surface area contributed by atoms with E-state index in [2.05, 4.69) is 20.3 Å². The first-order valence-electron chi connectivity index (χ1n) is 8.70. The van der Waals surface area contributed by atoms with Crippen LogP contribution in [0.15, 0.2) is 79.3 Å². The zero-order valence-corrected chi connectivity index (χ0v) is 15.1. The van der Waals surface area contributed by atoms with Gasteiger partial charge in [0.25, 0.3) is 0 Å². The third kappa shape index (κ3) is 4.01. The van der Waals surface area contributed by atoms with Gasteiger partial charge in [-0.25, -0.2) is 19.3 Å². The number of hydrogen-bond donors (Lipinski definition) is 1. The van der Waals surface area contributed by atoms with Crippen LogP contribution in [-0.2, 0) is 0 Å². The molecule has 0 amide bonds. The van der Waals surface area contributed by atoms with Gasteiger partial charge in [0, 0.05) is 29.8 Å². The molecule has 140 valence electrons. The number of rotatable bonds is 5. The highest BCUT2D eigenvalue weighted by Gasteiger charge is 2.16. The molecule has 0 aliphatic heterocycles. The van der Waals surface area contributed by atoms with Crippen LogP contribution in [0.3, 0.4) is 0 Å². The lowest BCUT2D eigenvalue weighted by atomic mass is 10.1. The van der Waals surface area contributed by atoms with Crippen molar-refractivity contribution in [3.05, 3.63) is 90.6 Å². The molecule has 0 aliphatic rings. The zero-order chi connectivity index (χ0) is 20.1. The predicted molar refractivity (Wildman–Crippen MR) is 106 cm³/mol. The number of hydrogen-bond acceptors (Lipinski definition) is 6. The molecule has 1 N–H and O–H groups in total. The maximum absolute atomic E-state index is 14.6. The highest BCUT2D eigenvalue weighted by Crippen LogP contribution is 2.32. The van der Waals surface area contributed by atoms with E-state index in [1.54, 1.807) is 24.4 Å². The van der Waals surface area contributed by atoms with E-state index < -0.39 is 5.82 Å². The lowest BCUT2D eigenvalue weighted by molar-refractivity contribution is 0.462. The van der Waals surface area contributed by atoms with Crippen LogP contribution in [0.25, 0.3) is 11.3 Å². The Morgan fingerprint density at radius 2 is 1.69 bits per heavy atom. The van der Waals surface area contributed by atoms with Crippen LogP contribution >= 0.6 is 0 Å². The highest BCUT2D eigenvalue weighted by molar-refractivity contribution is 5.67. The smallest absolute Gasteiger partial charge is 0.246 e. The second-order valence-electron chi connectivity index (χ2n) is 5.96. The molecular weight excluding hydrogens is 369 g/mol. The summed E-state index contributed by atoms with van der Waals surface area (Å²) in [7, 11) is 0. The van der Waals surface area contributed by atoms with E-state index in [1.807, 2.05) is 36.4 Å². The molecule has 0 bridgehead atoms. The molecule has 4 rings (SSSR count). The second-order valence-corrected chi connectivity index (χ2v) is 5.96. The van der Waals surface area contributed by atoms with Crippen molar-refractivity contribution in [2.45, 2.75) is 0 Å². The summed E-state index contributed by atoms with van der Waals surface area (Å²) in [4.78, 5) is 12.6. The number of benzene rings is 2. The normalized spacial score (nSPS) is 10.2. The third-order valence-electron chi connectivity index (χ3n) is 4.05. The average Bonchev–Trinajstić information content (AvgIpc) is 2.77. The minimum absolute atomic E-state index is 0.0657. The molecule has 0 saturated carbocycles. The van der Waals surface area contributed by atoms with Crippen LogP contribution < -0.4 is 10.1 Å². The van der Waals surface area contributed by atoms with Crippen molar-refractivity contribution in [2.24, 2.45) is 0 Å². The van der Waals surface area contributed by atoms with Gasteiger partial charge in [-0.1, -0.05) is 12.1 Å². The van der Waals surface area contributed by atoms with Gasteiger partial charge in [0.05, 0.1) is 5.56 Å². The quantitative estimate of drug-likeness (QED) is 0.517. The van der Waals surface area contributed by atoms with E-state index in [9.17, 15) is 4.39 Å². The van der Waals surface area contributed by atoms with E-state index in [0.29, 0.717) is 5.75 Å². The van der Waals surface area contributed by atoms with E-state index >= 15 is 0 Å². The van der Waals surface area contributed by atoms with Gasteiger partial charge in [-0.2, -0.15) is 5.26 Å². The first-order chi connectivity index (χ1) is 14.2. The Morgan fingerprint density at radius 3 is 2.45 bits per heavy atom. The van der Waals surface area contributed by atoms with Crippen molar-refractivity contribution < 1.29 is 9.13 Å². The number of pyridine rings is 1. The van der Waals surface area contributed by atoms with Crippen molar-refractivity contribution in [3.8, 4) is 29.0 Å². The van der Waals surface area contributed by atoms with Gasteiger partial charge in [0.1, 0.15) is 23.3 Å². The number of anilines is 2. The van der Waals surface area contributed by atoms with Gasteiger partial charge in [0.15, 0.2) is 5.82 Å². The zero-order valence-electron chi connectivity index (χ0n) is 15.1. The molecule has 2 aromatic carbocycles. The van der Waals surface area contributed by atoms with Crippen molar-refractivity contribution in [3.63, 3.8) is 0 Å². The minimum atomic E-state index is -0.657. The molecule has 2 aromatic heterocycles. The van der Waals surface area contributed by atoms with Crippen LogP contribution in [0.4, 0.5) is 15.9 Å². The molecule has 0 spiro atoms. The number of nitrogens with one attached hydrogen (secondary N) is 1. The Labute approximate surface area is 166 Å².